The Balaban J connectivity index is 2.39. The van der Waals surface area contributed by atoms with Crippen LogP contribution in [0.25, 0.3) is 0 Å². The molecule has 0 saturated carbocycles. The molecule has 112 valence electrons. The Morgan fingerprint density at radius 3 is 2.52 bits per heavy atom. The van der Waals surface area contributed by atoms with E-state index in [1.165, 1.54) is 0 Å². The highest BCUT2D eigenvalue weighted by Gasteiger charge is 2.14. The van der Waals surface area contributed by atoms with Crippen LogP contribution in [-0.2, 0) is 0 Å². The number of ether oxygens (including phenoxy) is 1. The second kappa shape index (κ2) is 6.76. The lowest BCUT2D eigenvalue weighted by Crippen LogP contribution is -2.07. The lowest BCUT2D eigenvalue weighted by Gasteiger charge is -2.17. The second-order valence-electron chi connectivity index (χ2n) is 4.86. The fraction of sp³-hybridized carbons (Fsp3) is 0.333. The SMILES string of the molecule is CNc1ncnc(Nc2ccc(Br)c(OC)c2)c1C(C)C. The van der Waals surface area contributed by atoms with E-state index in [2.05, 4.69) is 50.4 Å². The van der Waals surface area contributed by atoms with Crippen molar-refractivity contribution in [3.8, 4) is 5.75 Å². The Kier molecular flexibility index (Phi) is 5.01. The van der Waals surface area contributed by atoms with Crippen molar-refractivity contribution in [2.45, 2.75) is 19.8 Å². The fourth-order valence-corrected chi connectivity index (χ4v) is 2.52. The van der Waals surface area contributed by atoms with Crippen LogP contribution in [0.4, 0.5) is 17.3 Å². The third-order valence-electron chi connectivity index (χ3n) is 3.11. The van der Waals surface area contributed by atoms with Gasteiger partial charge in [-0.1, -0.05) is 13.8 Å². The summed E-state index contributed by atoms with van der Waals surface area (Å²) in [6.45, 7) is 4.24. The van der Waals surface area contributed by atoms with Crippen molar-refractivity contribution >= 4 is 33.3 Å². The summed E-state index contributed by atoms with van der Waals surface area (Å²) >= 11 is 3.45. The molecular formula is C15H19BrN4O. The van der Waals surface area contributed by atoms with Gasteiger partial charge in [-0.2, -0.15) is 0 Å². The maximum Gasteiger partial charge on any atom is 0.139 e. The van der Waals surface area contributed by atoms with Crippen LogP contribution in [0.15, 0.2) is 29.0 Å². The first-order chi connectivity index (χ1) is 10.1. The van der Waals surface area contributed by atoms with Crippen molar-refractivity contribution in [1.82, 2.24) is 9.97 Å². The molecule has 5 nitrogen and oxygen atoms in total. The molecule has 1 heterocycles. The highest BCUT2D eigenvalue weighted by Crippen LogP contribution is 2.33. The number of nitrogens with one attached hydrogen (secondary N) is 2. The fourth-order valence-electron chi connectivity index (χ4n) is 2.12. The average molecular weight is 351 g/mol. The van der Waals surface area contributed by atoms with E-state index < -0.39 is 0 Å². The molecule has 0 fully saturated rings. The van der Waals surface area contributed by atoms with Crippen LogP contribution < -0.4 is 15.4 Å². The summed E-state index contributed by atoms with van der Waals surface area (Å²) in [5.41, 5.74) is 1.97. The Hall–Kier alpha value is -1.82. The molecule has 0 radical (unpaired) electrons. The van der Waals surface area contributed by atoms with E-state index in [1.807, 2.05) is 25.2 Å². The van der Waals surface area contributed by atoms with Crippen molar-refractivity contribution in [1.29, 1.82) is 0 Å². The Morgan fingerprint density at radius 1 is 1.19 bits per heavy atom. The van der Waals surface area contributed by atoms with Gasteiger partial charge in [-0.3, -0.25) is 0 Å². The van der Waals surface area contributed by atoms with Crippen molar-refractivity contribution in [2.24, 2.45) is 0 Å². The number of hydrogen-bond donors (Lipinski definition) is 2. The normalized spacial score (nSPS) is 10.6. The van der Waals surface area contributed by atoms with Crippen LogP contribution in [0, 0.1) is 0 Å². The summed E-state index contributed by atoms with van der Waals surface area (Å²) in [5.74, 6) is 2.71. The smallest absolute Gasteiger partial charge is 0.139 e. The molecule has 21 heavy (non-hydrogen) atoms. The van der Waals surface area contributed by atoms with Crippen LogP contribution in [0.1, 0.15) is 25.3 Å². The van der Waals surface area contributed by atoms with Crippen LogP contribution in [-0.4, -0.2) is 24.1 Å². The topological polar surface area (TPSA) is 59.1 Å². The summed E-state index contributed by atoms with van der Waals surface area (Å²) in [6.07, 6.45) is 1.55. The van der Waals surface area contributed by atoms with Gasteiger partial charge in [-0.25, -0.2) is 9.97 Å². The maximum atomic E-state index is 5.31. The zero-order valence-electron chi connectivity index (χ0n) is 12.6. The highest BCUT2D eigenvalue weighted by atomic mass is 79.9. The van der Waals surface area contributed by atoms with Gasteiger partial charge in [-0.05, 0) is 34.0 Å². The van der Waals surface area contributed by atoms with Gasteiger partial charge in [0.15, 0.2) is 0 Å². The van der Waals surface area contributed by atoms with Gasteiger partial charge in [0.05, 0.1) is 11.6 Å². The van der Waals surface area contributed by atoms with Gasteiger partial charge in [0.1, 0.15) is 23.7 Å². The van der Waals surface area contributed by atoms with E-state index in [0.717, 1.165) is 33.1 Å². The summed E-state index contributed by atoms with van der Waals surface area (Å²) in [5, 5.41) is 6.45. The standard InChI is InChI=1S/C15H19BrN4O/c1-9(2)13-14(17-3)18-8-19-15(13)20-10-5-6-11(16)12(7-10)21-4/h5-9H,1-4H3,(H2,17,18,19,20). The zero-order chi connectivity index (χ0) is 15.4. The Morgan fingerprint density at radius 2 is 1.90 bits per heavy atom. The van der Waals surface area contributed by atoms with Gasteiger partial charge in [0, 0.05) is 24.4 Å². The van der Waals surface area contributed by atoms with Crippen LogP contribution in [0.5, 0.6) is 5.75 Å². The Bertz CT molecular complexity index is 631. The van der Waals surface area contributed by atoms with Gasteiger partial charge < -0.3 is 15.4 Å². The molecule has 2 N–H and O–H groups in total. The molecule has 2 rings (SSSR count). The third kappa shape index (κ3) is 3.44. The van der Waals surface area contributed by atoms with Gasteiger partial charge in [-0.15, -0.1) is 0 Å². The minimum atomic E-state index is 0.300. The van der Waals surface area contributed by atoms with Crippen LogP contribution in [0.3, 0.4) is 0 Å². The molecule has 0 saturated heterocycles. The molecule has 2 aromatic rings. The molecule has 0 aliphatic heterocycles. The van der Waals surface area contributed by atoms with E-state index in [9.17, 15) is 0 Å². The average Bonchev–Trinajstić information content (AvgIpc) is 2.48. The van der Waals surface area contributed by atoms with Crippen molar-refractivity contribution in [3.05, 3.63) is 34.6 Å². The van der Waals surface area contributed by atoms with E-state index in [1.54, 1.807) is 13.4 Å². The van der Waals surface area contributed by atoms with E-state index in [-0.39, 0.29) is 0 Å². The monoisotopic (exact) mass is 350 g/mol. The molecule has 0 bridgehead atoms. The lowest BCUT2D eigenvalue weighted by atomic mass is 10.0. The van der Waals surface area contributed by atoms with E-state index in [4.69, 9.17) is 4.74 Å². The quantitative estimate of drug-likeness (QED) is 0.847. The van der Waals surface area contributed by atoms with E-state index in [0.29, 0.717) is 5.92 Å². The molecule has 6 heteroatoms. The molecule has 0 spiro atoms. The summed E-state index contributed by atoms with van der Waals surface area (Å²) in [4.78, 5) is 8.64. The molecule has 1 aromatic heterocycles. The molecule has 0 aliphatic carbocycles. The number of halogens is 1. The first-order valence-electron chi connectivity index (χ1n) is 6.70. The predicted molar refractivity (Wildman–Crippen MR) is 89.6 cm³/mol. The van der Waals surface area contributed by atoms with Gasteiger partial charge in [0.2, 0.25) is 0 Å². The first kappa shape index (κ1) is 15.6. The molecule has 0 amide bonds. The zero-order valence-corrected chi connectivity index (χ0v) is 14.2. The molecular weight excluding hydrogens is 332 g/mol. The van der Waals surface area contributed by atoms with Gasteiger partial charge >= 0.3 is 0 Å². The number of methoxy groups -OCH3 is 1. The summed E-state index contributed by atoms with van der Waals surface area (Å²) in [7, 11) is 3.51. The number of hydrogen-bond acceptors (Lipinski definition) is 5. The molecule has 0 atom stereocenters. The number of rotatable bonds is 5. The molecule has 0 aliphatic rings. The van der Waals surface area contributed by atoms with Gasteiger partial charge in [0.25, 0.3) is 0 Å². The van der Waals surface area contributed by atoms with Crippen molar-refractivity contribution < 1.29 is 4.74 Å². The van der Waals surface area contributed by atoms with Crippen LogP contribution in [0.2, 0.25) is 0 Å². The minimum absolute atomic E-state index is 0.300. The summed E-state index contributed by atoms with van der Waals surface area (Å²) < 4.78 is 6.23. The Labute approximate surface area is 133 Å². The minimum Gasteiger partial charge on any atom is -0.495 e. The molecule has 0 unspecified atom stereocenters. The number of aromatic nitrogens is 2. The van der Waals surface area contributed by atoms with E-state index >= 15 is 0 Å². The van der Waals surface area contributed by atoms with Crippen molar-refractivity contribution in [2.75, 3.05) is 24.8 Å². The largest absolute Gasteiger partial charge is 0.495 e. The second-order valence-corrected chi connectivity index (χ2v) is 5.72. The third-order valence-corrected chi connectivity index (χ3v) is 3.77. The summed E-state index contributed by atoms with van der Waals surface area (Å²) in [6, 6.07) is 5.84. The predicted octanol–water partition coefficient (Wildman–Crippen LogP) is 4.16. The van der Waals surface area contributed by atoms with Crippen molar-refractivity contribution in [3.63, 3.8) is 0 Å². The van der Waals surface area contributed by atoms with Crippen LogP contribution >= 0.6 is 15.9 Å². The maximum absolute atomic E-state index is 5.31. The number of nitrogens with zero attached hydrogens (tertiary/aromatic N) is 2. The lowest BCUT2D eigenvalue weighted by molar-refractivity contribution is 0.412. The number of anilines is 3. The number of benzene rings is 1. The highest BCUT2D eigenvalue weighted by molar-refractivity contribution is 9.10. The first-order valence-corrected chi connectivity index (χ1v) is 7.49. The molecule has 1 aromatic carbocycles.